The first kappa shape index (κ1) is 43.9. The third-order valence-electron chi connectivity index (χ3n) is 9.13. The zero-order valence-corrected chi connectivity index (χ0v) is 31.2. The van der Waals surface area contributed by atoms with Crippen LogP contribution in [-0.4, -0.2) is 49.7 Å². The molecule has 0 heterocycles. The Morgan fingerprint density at radius 2 is 0.711 bits per heavy atom. The van der Waals surface area contributed by atoms with E-state index in [-0.39, 0.29) is 24.1 Å². The van der Waals surface area contributed by atoms with Crippen LogP contribution in [0.15, 0.2) is 0 Å². The minimum atomic E-state index is -0.0166. The fourth-order valence-corrected chi connectivity index (χ4v) is 6.16. The molecular formula is C40H79NO4. The van der Waals surface area contributed by atoms with E-state index in [0.29, 0.717) is 12.8 Å². The second-order valence-corrected chi connectivity index (χ2v) is 14.1. The standard InChI is InChI=1S/C40H79NO4/c1-6-9-12-15-19-24-31-38(32-25-20-16-13-10-7-2)44-39(42)34-27-22-17-21-26-33-37(30-23-18-14-11-8-3)45-40(43)35-28-29-36-41(4)5/h37-38H,6-36H2,1-5H3. The van der Waals surface area contributed by atoms with Crippen molar-refractivity contribution in [3.63, 3.8) is 0 Å². The van der Waals surface area contributed by atoms with Gasteiger partial charge in [-0.15, -0.1) is 0 Å². The van der Waals surface area contributed by atoms with Crippen LogP contribution < -0.4 is 0 Å². The van der Waals surface area contributed by atoms with Crippen molar-refractivity contribution in [2.24, 2.45) is 0 Å². The maximum absolute atomic E-state index is 12.7. The van der Waals surface area contributed by atoms with E-state index >= 15 is 0 Å². The van der Waals surface area contributed by atoms with E-state index in [2.05, 4.69) is 39.8 Å². The summed E-state index contributed by atoms with van der Waals surface area (Å²) in [5.41, 5.74) is 0. The lowest BCUT2D eigenvalue weighted by molar-refractivity contribution is -0.151. The normalized spacial score (nSPS) is 12.2. The van der Waals surface area contributed by atoms with E-state index in [0.717, 1.165) is 83.6 Å². The van der Waals surface area contributed by atoms with Crippen molar-refractivity contribution in [2.45, 2.75) is 226 Å². The molecule has 0 saturated heterocycles. The van der Waals surface area contributed by atoms with Gasteiger partial charge >= 0.3 is 11.9 Å². The molecule has 45 heavy (non-hydrogen) atoms. The molecule has 0 rings (SSSR count). The molecule has 0 aliphatic carbocycles. The Hall–Kier alpha value is -1.10. The summed E-state index contributed by atoms with van der Waals surface area (Å²) in [6.45, 7) is 7.79. The molecule has 1 unspecified atom stereocenters. The van der Waals surface area contributed by atoms with Crippen molar-refractivity contribution >= 4 is 11.9 Å². The van der Waals surface area contributed by atoms with Crippen LogP contribution in [0.4, 0.5) is 0 Å². The summed E-state index contributed by atoms with van der Waals surface area (Å²) < 4.78 is 12.0. The van der Waals surface area contributed by atoms with Crippen molar-refractivity contribution in [1.29, 1.82) is 0 Å². The number of hydrogen-bond donors (Lipinski definition) is 0. The van der Waals surface area contributed by atoms with Gasteiger partial charge in [0.25, 0.3) is 0 Å². The molecule has 5 nitrogen and oxygen atoms in total. The predicted molar refractivity (Wildman–Crippen MR) is 194 cm³/mol. The first-order chi connectivity index (χ1) is 21.9. The van der Waals surface area contributed by atoms with Gasteiger partial charge in [0.05, 0.1) is 0 Å². The van der Waals surface area contributed by atoms with E-state index in [1.54, 1.807) is 0 Å². The summed E-state index contributed by atoms with van der Waals surface area (Å²) in [7, 11) is 4.15. The smallest absolute Gasteiger partial charge is 0.306 e. The Morgan fingerprint density at radius 1 is 0.422 bits per heavy atom. The number of nitrogens with zero attached hydrogens (tertiary/aromatic N) is 1. The van der Waals surface area contributed by atoms with E-state index in [4.69, 9.17) is 9.47 Å². The fourth-order valence-electron chi connectivity index (χ4n) is 6.16. The first-order valence-corrected chi connectivity index (χ1v) is 20.0. The predicted octanol–water partition coefficient (Wildman–Crippen LogP) is 12.1. The molecule has 0 spiro atoms. The maximum atomic E-state index is 12.7. The monoisotopic (exact) mass is 638 g/mol. The minimum Gasteiger partial charge on any atom is -0.462 e. The minimum absolute atomic E-state index is 0.0117. The number of hydrogen-bond acceptors (Lipinski definition) is 5. The zero-order chi connectivity index (χ0) is 33.2. The highest BCUT2D eigenvalue weighted by atomic mass is 16.5. The quantitative estimate of drug-likeness (QED) is 0.0511. The van der Waals surface area contributed by atoms with Crippen molar-refractivity contribution in [3.8, 4) is 0 Å². The fraction of sp³-hybridized carbons (Fsp3) is 0.950. The van der Waals surface area contributed by atoms with Crippen LogP contribution in [0, 0.1) is 0 Å². The Bertz CT molecular complexity index is 622. The highest BCUT2D eigenvalue weighted by Crippen LogP contribution is 2.20. The SMILES string of the molecule is CCCCCCCCC(CCCCCCCC)OC(=O)CCCCCCCC(CCCCCCC)OC(=O)CCCCN(C)C. The number of carbonyl (C=O) groups excluding carboxylic acids is 2. The van der Waals surface area contributed by atoms with Crippen LogP contribution in [0.2, 0.25) is 0 Å². The van der Waals surface area contributed by atoms with Gasteiger partial charge in [-0.2, -0.15) is 0 Å². The molecule has 0 fully saturated rings. The van der Waals surface area contributed by atoms with E-state index in [1.807, 2.05) is 0 Å². The Labute approximate surface area is 281 Å². The summed E-state index contributed by atoms with van der Waals surface area (Å²) in [5, 5.41) is 0. The maximum Gasteiger partial charge on any atom is 0.306 e. The first-order valence-electron chi connectivity index (χ1n) is 20.0. The highest BCUT2D eigenvalue weighted by Gasteiger charge is 2.16. The Morgan fingerprint density at radius 3 is 1.04 bits per heavy atom. The summed E-state index contributed by atoms with van der Waals surface area (Å²) in [6.07, 6.45) is 34.2. The van der Waals surface area contributed by atoms with Gasteiger partial charge in [-0.3, -0.25) is 9.59 Å². The molecule has 1 atom stereocenters. The molecule has 5 heteroatoms. The lowest BCUT2D eigenvalue weighted by Gasteiger charge is -2.19. The molecule has 0 aromatic heterocycles. The van der Waals surface area contributed by atoms with Gasteiger partial charge in [-0.25, -0.2) is 0 Å². The molecule has 0 aromatic rings. The molecule has 0 aliphatic heterocycles. The van der Waals surface area contributed by atoms with Crippen LogP contribution in [0.5, 0.6) is 0 Å². The van der Waals surface area contributed by atoms with Gasteiger partial charge in [-0.1, -0.05) is 130 Å². The second kappa shape index (κ2) is 34.2. The van der Waals surface area contributed by atoms with Gasteiger partial charge < -0.3 is 14.4 Å². The second-order valence-electron chi connectivity index (χ2n) is 14.1. The molecule has 0 saturated carbocycles. The third-order valence-corrected chi connectivity index (χ3v) is 9.13. The van der Waals surface area contributed by atoms with Crippen molar-refractivity contribution < 1.29 is 19.1 Å². The number of unbranched alkanes of at least 4 members (excludes halogenated alkanes) is 19. The molecular weight excluding hydrogens is 558 g/mol. The van der Waals surface area contributed by atoms with E-state index in [9.17, 15) is 9.59 Å². The third kappa shape index (κ3) is 32.6. The van der Waals surface area contributed by atoms with Crippen LogP contribution in [0.1, 0.15) is 213 Å². The molecule has 0 bridgehead atoms. The highest BCUT2D eigenvalue weighted by molar-refractivity contribution is 5.69. The Balaban J connectivity index is 4.34. The molecule has 0 aliphatic rings. The van der Waals surface area contributed by atoms with Crippen LogP contribution in [-0.2, 0) is 19.1 Å². The van der Waals surface area contributed by atoms with Crippen LogP contribution in [0.3, 0.4) is 0 Å². The zero-order valence-electron chi connectivity index (χ0n) is 31.2. The lowest BCUT2D eigenvalue weighted by Crippen LogP contribution is -2.19. The Kier molecular flexibility index (Phi) is 33.4. The van der Waals surface area contributed by atoms with E-state index < -0.39 is 0 Å². The molecule has 0 amide bonds. The number of carbonyl (C=O) groups is 2. The van der Waals surface area contributed by atoms with Gasteiger partial charge in [0.15, 0.2) is 0 Å². The number of ether oxygens (including phenoxy) is 2. The van der Waals surface area contributed by atoms with Crippen LogP contribution >= 0.6 is 0 Å². The van der Waals surface area contributed by atoms with Gasteiger partial charge in [0, 0.05) is 12.8 Å². The molecule has 0 aromatic carbocycles. The van der Waals surface area contributed by atoms with E-state index in [1.165, 1.54) is 103 Å². The number of esters is 2. The molecule has 0 radical (unpaired) electrons. The average molecular weight is 638 g/mol. The molecule has 268 valence electrons. The van der Waals surface area contributed by atoms with Crippen molar-refractivity contribution in [3.05, 3.63) is 0 Å². The topological polar surface area (TPSA) is 55.8 Å². The summed E-state index contributed by atoms with van der Waals surface area (Å²) in [5.74, 6) is -0.00489. The summed E-state index contributed by atoms with van der Waals surface area (Å²) in [6, 6.07) is 0. The summed E-state index contributed by atoms with van der Waals surface area (Å²) >= 11 is 0. The average Bonchev–Trinajstić information content (AvgIpc) is 3.01. The molecule has 0 N–H and O–H groups in total. The van der Waals surface area contributed by atoms with Crippen molar-refractivity contribution in [2.75, 3.05) is 20.6 Å². The largest absolute Gasteiger partial charge is 0.462 e. The number of rotatable bonds is 35. The van der Waals surface area contributed by atoms with Gasteiger partial charge in [0.1, 0.15) is 12.2 Å². The van der Waals surface area contributed by atoms with Crippen molar-refractivity contribution in [1.82, 2.24) is 4.90 Å². The lowest BCUT2D eigenvalue weighted by atomic mass is 10.0. The van der Waals surface area contributed by atoms with Crippen LogP contribution in [0.25, 0.3) is 0 Å². The van der Waals surface area contributed by atoms with Gasteiger partial charge in [-0.05, 0) is 91.3 Å². The van der Waals surface area contributed by atoms with Gasteiger partial charge in [0.2, 0.25) is 0 Å². The summed E-state index contributed by atoms with van der Waals surface area (Å²) in [4.78, 5) is 27.4.